The van der Waals surface area contributed by atoms with Crippen molar-refractivity contribution in [1.82, 2.24) is 10.2 Å². The molecule has 0 radical (unpaired) electrons. The van der Waals surface area contributed by atoms with Crippen LogP contribution in [0.1, 0.15) is 51.5 Å². The van der Waals surface area contributed by atoms with Crippen molar-refractivity contribution in [2.45, 2.75) is 57.4 Å². The van der Waals surface area contributed by atoms with Crippen LogP contribution in [0, 0.1) is 5.92 Å². The van der Waals surface area contributed by atoms with Gasteiger partial charge in [0.1, 0.15) is 6.04 Å². The zero-order chi connectivity index (χ0) is 27.4. The Balaban J connectivity index is 1.78. The number of amides is 2. The maximum absolute atomic E-state index is 13.2. The van der Waals surface area contributed by atoms with Crippen LogP contribution in [-0.2, 0) is 25.0 Å². The van der Waals surface area contributed by atoms with Gasteiger partial charge in [0.2, 0.25) is 15.9 Å². The summed E-state index contributed by atoms with van der Waals surface area (Å²) < 4.78 is 29.8. The molecule has 0 bridgehead atoms. The number of nitrogens with one attached hydrogen (secondary N) is 3. The molecular weight excluding hydrogens is 510 g/mol. The molecule has 1 heterocycles. The van der Waals surface area contributed by atoms with E-state index < -0.39 is 27.9 Å². The third-order valence-electron chi connectivity index (χ3n) is 5.66. The lowest BCUT2D eigenvalue weighted by Gasteiger charge is -2.21. The van der Waals surface area contributed by atoms with E-state index in [-0.39, 0.29) is 16.2 Å². The monoisotopic (exact) mass is 543 g/mol. The largest absolute Gasteiger partial charge is 0.325 e. The average Bonchev–Trinajstić information content (AvgIpc) is 3.23. The Morgan fingerprint density at radius 1 is 1.05 bits per heavy atom. The molecule has 10 heteroatoms. The van der Waals surface area contributed by atoms with Crippen molar-refractivity contribution in [3.8, 4) is 0 Å². The van der Waals surface area contributed by atoms with E-state index in [1.165, 1.54) is 17.4 Å². The van der Waals surface area contributed by atoms with E-state index in [1.54, 1.807) is 48.0 Å². The quantitative estimate of drug-likeness (QED) is 0.171. The van der Waals surface area contributed by atoms with Crippen molar-refractivity contribution in [1.29, 1.82) is 0 Å². The van der Waals surface area contributed by atoms with E-state index >= 15 is 0 Å². The Hall–Kier alpha value is -3.05. The number of hydrogen-bond donors (Lipinski definition) is 4. The summed E-state index contributed by atoms with van der Waals surface area (Å²) in [5.74, 6) is -1.00. The van der Waals surface area contributed by atoms with Crippen molar-refractivity contribution in [3.05, 3.63) is 65.0 Å². The topological polar surface area (TPSA) is 125 Å². The standard InChI is InChI=1S/C27H33N3O5S2/c1-17(2)14-23(30-37(34,35)22-10-6-19(7-11-22)27(3,4)5)26(32)28-20-8-12-24-18(15-20)16-21(36-24)9-13-25(31)29-33/h6-13,15-17,23,30,33H,14H2,1-5H3,(H,28,32)(H,29,31)/b13-9+. The predicted octanol–water partition coefficient (Wildman–Crippen LogP) is 5.05. The lowest BCUT2D eigenvalue weighted by molar-refractivity contribution is -0.124. The second kappa shape index (κ2) is 11.6. The van der Waals surface area contributed by atoms with Gasteiger partial charge in [0.25, 0.3) is 5.91 Å². The number of rotatable bonds is 9. The van der Waals surface area contributed by atoms with Crippen LogP contribution >= 0.6 is 11.3 Å². The van der Waals surface area contributed by atoms with Crippen molar-refractivity contribution in [2.75, 3.05) is 5.32 Å². The molecule has 0 aliphatic heterocycles. The van der Waals surface area contributed by atoms with E-state index in [2.05, 4.69) is 30.8 Å². The van der Waals surface area contributed by atoms with Crippen molar-refractivity contribution >= 4 is 55.0 Å². The maximum atomic E-state index is 13.2. The predicted molar refractivity (Wildman–Crippen MR) is 148 cm³/mol. The first-order valence-electron chi connectivity index (χ1n) is 11.9. The average molecular weight is 544 g/mol. The number of hydroxylamine groups is 1. The smallest absolute Gasteiger partial charge is 0.267 e. The Kier molecular flexibility index (Phi) is 8.91. The van der Waals surface area contributed by atoms with Crippen molar-refractivity contribution in [3.63, 3.8) is 0 Å². The molecule has 198 valence electrons. The summed E-state index contributed by atoms with van der Waals surface area (Å²) in [6.45, 7) is 10.0. The molecule has 2 amide bonds. The molecule has 0 aliphatic rings. The molecule has 0 saturated carbocycles. The number of carbonyl (C=O) groups is 2. The highest BCUT2D eigenvalue weighted by Gasteiger charge is 2.27. The summed E-state index contributed by atoms with van der Waals surface area (Å²) >= 11 is 1.45. The van der Waals surface area contributed by atoms with Crippen LogP contribution in [0.25, 0.3) is 16.2 Å². The SMILES string of the molecule is CC(C)CC(NS(=O)(=O)c1ccc(C(C)(C)C)cc1)C(=O)Nc1ccc2sc(/C=C/C(=O)NO)cc2c1. The molecule has 4 N–H and O–H groups in total. The van der Waals surface area contributed by atoms with Crippen molar-refractivity contribution in [2.24, 2.45) is 5.92 Å². The van der Waals surface area contributed by atoms with Gasteiger partial charge in [-0.25, -0.2) is 13.9 Å². The van der Waals surface area contributed by atoms with Crippen LogP contribution in [0.15, 0.2) is 59.5 Å². The number of benzene rings is 2. The second-order valence-electron chi connectivity index (χ2n) is 10.3. The fourth-order valence-corrected chi connectivity index (χ4v) is 5.87. The number of fused-ring (bicyclic) bond motifs is 1. The highest BCUT2D eigenvalue weighted by molar-refractivity contribution is 7.89. The van der Waals surface area contributed by atoms with Gasteiger partial charge in [0, 0.05) is 21.3 Å². The normalized spacial score (nSPS) is 13.3. The van der Waals surface area contributed by atoms with Crippen molar-refractivity contribution < 1.29 is 23.2 Å². The lowest BCUT2D eigenvalue weighted by atomic mass is 9.87. The lowest BCUT2D eigenvalue weighted by Crippen LogP contribution is -2.44. The van der Waals surface area contributed by atoms with Gasteiger partial charge in [-0.15, -0.1) is 11.3 Å². The molecule has 1 unspecified atom stereocenters. The first-order chi connectivity index (χ1) is 17.3. The first kappa shape index (κ1) is 28.5. The third-order valence-corrected chi connectivity index (χ3v) is 8.23. The summed E-state index contributed by atoms with van der Waals surface area (Å²) in [6.07, 6.45) is 3.12. The van der Waals surface area contributed by atoms with Crippen LogP contribution in [0.5, 0.6) is 0 Å². The zero-order valence-corrected chi connectivity index (χ0v) is 23.2. The van der Waals surface area contributed by atoms with Crippen LogP contribution in [0.3, 0.4) is 0 Å². The van der Waals surface area contributed by atoms with E-state index in [1.807, 2.05) is 26.0 Å². The molecule has 1 atom stereocenters. The van der Waals surface area contributed by atoms with E-state index in [0.29, 0.717) is 12.1 Å². The fourth-order valence-electron chi connectivity index (χ4n) is 3.72. The van der Waals surface area contributed by atoms with E-state index in [9.17, 15) is 18.0 Å². The Morgan fingerprint density at radius 2 is 1.73 bits per heavy atom. The molecule has 3 rings (SSSR count). The molecule has 0 aliphatic carbocycles. The number of carbonyl (C=O) groups excluding carboxylic acids is 2. The van der Waals surface area contributed by atoms with Crippen LogP contribution in [0.2, 0.25) is 0 Å². The Morgan fingerprint density at radius 3 is 2.32 bits per heavy atom. The van der Waals surface area contributed by atoms with E-state index in [4.69, 9.17) is 5.21 Å². The highest BCUT2D eigenvalue weighted by atomic mass is 32.2. The van der Waals surface area contributed by atoms with Gasteiger partial charge in [-0.05, 0) is 71.2 Å². The van der Waals surface area contributed by atoms with Gasteiger partial charge in [-0.3, -0.25) is 14.8 Å². The minimum atomic E-state index is -3.92. The Labute approximate surface area is 221 Å². The Bertz CT molecular complexity index is 1400. The fraction of sp³-hybridized carbons (Fsp3) is 0.333. The molecule has 0 fully saturated rings. The van der Waals surface area contributed by atoms with Gasteiger partial charge < -0.3 is 5.32 Å². The maximum Gasteiger partial charge on any atom is 0.267 e. The van der Waals surface area contributed by atoms with E-state index in [0.717, 1.165) is 20.5 Å². The summed E-state index contributed by atoms with van der Waals surface area (Å²) in [4.78, 5) is 25.3. The number of anilines is 1. The summed E-state index contributed by atoms with van der Waals surface area (Å²) in [5.41, 5.74) is 2.98. The third kappa shape index (κ3) is 7.72. The molecule has 8 nitrogen and oxygen atoms in total. The molecular formula is C27H33N3O5S2. The van der Waals surface area contributed by atoms with Gasteiger partial charge in [0.15, 0.2) is 0 Å². The second-order valence-corrected chi connectivity index (χ2v) is 13.1. The van der Waals surface area contributed by atoms with Gasteiger partial charge >= 0.3 is 0 Å². The van der Waals surface area contributed by atoms with Crippen LogP contribution < -0.4 is 15.5 Å². The molecule has 37 heavy (non-hydrogen) atoms. The molecule has 0 saturated heterocycles. The van der Waals surface area contributed by atoms with Gasteiger partial charge in [-0.2, -0.15) is 4.72 Å². The minimum Gasteiger partial charge on any atom is -0.325 e. The minimum absolute atomic E-state index is 0.0755. The van der Waals surface area contributed by atoms with Crippen LogP contribution in [0.4, 0.5) is 5.69 Å². The molecule has 0 spiro atoms. The van der Waals surface area contributed by atoms with Gasteiger partial charge in [-0.1, -0.05) is 46.8 Å². The summed E-state index contributed by atoms with van der Waals surface area (Å²) in [6, 6.07) is 13.0. The molecule has 2 aromatic carbocycles. The summed E-state index contributed by atoms with van der Waals surface area (Å²) in [5, 5.41) is 12.3. The van der Waals surface area contributed by atoms with Crippen LogP contribution in [-0.4, -0.2) is 31.5 Å². The van der Waals surface area contributed by atoms with Gasteiger partial charge in [0.05, 0.1) is 4.90 Å². The number of thiophene rings is 1. The zero-order valence-electron chi connectivity index (χ0n) is 21.5. The molecule has 1 aromatic heterocycles. The summed E-state index contributed by atoms with van der Waals surface area (Å²) in [7, 11) is -3.92. The number of sulfonamides is 1. The highest BCUT2D eigenvalue weighted by Crippen LogP contribution is 2.29. The first-order valence-corrected chi connectivity index (χ1v) is 14.2. The number of hydrogen-bond acceptors (Lipinski definition) is 6. The molecule has 3 aromatic rings.